The zero-order chi connectivity index (χ0) is 15.4. The fourth-order valence-electron chi connectivity index (χ4n) is 1.98. The van der Waals surface area contributed by atoms with Gasteiger partial charge in [0.1, 0.15) is 17.6 Å². The smallest absolute Gasteiger partial charge is 0.262 e. The summed E-state index contributed by atoms with van der Waals surface area (Å²) in [6.45, 7) is -0.409. The molecule has 112 valence electrons. The van der Waals surface area contributed by atoms with Crippen LogP contribution in [-0.4, -0.2) is 49.0 Å². The van der Waals surface area contributed by atoms with Crippen LogP contribution in [0, 0.1) is 0 Å². The Kier molecular flexibility index (Phi) is 4.39. The summed E-state index contributed by atoms with van der Waals surface area (Å²) in [7, 11) is 1.44. The molecule has 0 aliphatic carbocycles. The van der Waals surface area contributed by atoms with Gasteiger partial charge < -0.3 is 19.9 Å². The predicted octanol–water partition coefficient (Wildman–Crippen LogP) is -0.326. The molecule has 0 bridgehead atoms. The van der Waals surface area contributed by atoms with Crippen LogP contribution in [0.5, 0.6) is 11.5 Å². The van der Waals surface area contributed by atoms with E-state index in [1.807, 2.05) is 0 Å². The van der Waals surface area contributed by atoms with Gasteiger partial charge >= 0.3 is 0 Å². The van der Waals surface area contributed by atoms with Crippen LogP contribution in [0.25, 0.3) is 0 Å². The Hall–Kier alpha value is -2.61. The van der Waals surface area contributed by atoms with E-state index in [9.17, 15) is 19.5 Å². The monoisotopic (exact) mass is 294 g/mol. The third kappa shape index (κ3) is 3.11. The van der Waals surface area contributed by atoms with Crippen LogP contribution >= 0.6 is 0 Å². The number of hydrogen-bond donors (Lipinski definition) is 2. The van der Waals surface area contributed by atoms with Gasteiger partial charge in [0.15, 0.2) is 6.61 Å². The van der Waals surface area contributed by atoms with E-state index in [1.54, 1.807) is 6.07 Å². The molecule has 1 heterocycles. The zero-order valence-corrected chi connectivity index (χ0v) is 11.2. The average Bonchev–Trinajstić information content (AvgIpc) is 2.50. The summed E-state index contributed by atoms with van der Waals surface area (Å²) in [6.07, 6.45) is -0.545. The topological polar surface area (TPSA) is 105 Å². The lowest BCUT2D eigenvalue weighted by molar-refractivity contribution is -0.130. The molecule has 0 unspecified atom stereocenters. The highest BCUT2D eigenvalue weighted by Gasteiger charge is 2.25. The van der Waals surface area contributed by atoms with E-state index in [2.05, 4.69) is 5.32 Å². The molecule has 0 saturated heterocycles. The van der Waals surface area contributed by atoms with Gasteiger partial charge in [-0.05, 0) is 6.07 Å². The van der Waals surface area contributed by atoms with Crippen LogP contribution in [-0.2, 0) is 14.4 Å². The molecule has 1 aromatic rings. The quantitative estimate of drug-likeness (QED) is 0.696. The SMILES string of the molecule is COc1cc2c(c([C@@H](O)CN(C=O)C=O)c1)OCC(=O)N2. The standard InChI is InChI=1S/C13H14N2O6/c1-20-8-2-9(11(18)4-15(6-16)7-17)13-10(3-8)14-12(19)5-21-13/h2-3,6-7,11,18H,4-5H2,1H3,(H,14,19)/t11-/m0/s1. The maximum absolute atomic E-state index is 11.3. The molecule has 1 aromatic carbocycles. The first-order valence-electron chi connectivity index (χ1n) is 6.08. The fourth-order valence-corrected chi connectivity index (χ4v) is 1.98. The molecule has 1 aliphatic heterocycles. The van der Waals surface area contributed by atoms with Crippen molar-refractivity contribution in [3.05, 3.63) is 17.7 Å². The number of anilines is 1. The molecule has 1 atom stereocenters. The molecule has 2 N–H and O–H groups in total. The first-order chi connectivity index (χ1) is 10.1. The number of nitrogens with zero attached hydrogens (tertiary/aromatic N) is 1. The van der Waals surface area contributed by atoms with Crippen molar-refractivity contribution in [1.82, 2.24) is 4.90 Å². The molecule has 3 amide bonds. The summed E-state index contributed by atoms with van der Waals surface area (Å²) in [5.41, 5.74) is 0.682. The van der Waals surface area contributed by atoms with Crippen molar-refractivity contribution in [1.29, 1.82) is 0 Å². The summed E-state index contributed by atoms with van der Waals surface area (Å²) in [5.74, 6) is 0.371. The summed E-state index contributed by atoms with van der Waals surface area (Å²) in [6, 6.07) is 3.08. The van der Waals surface area contributed by atoms with Crippen molar-refractivity contribution in [3.63, 3.8) is 0 Å². The van der Waals surface area contributed by atoms with E-state index in [-0.39, 0.29) is 19.1 Å². The third-order valence-corrected chi connectivity index (χ3v) is 2.96. The van der Waals surface area contributed by atoms with Crippen LogP contribution in [0.15, 0.2) is 12.1 Å². The number of amides is 3. The van der Waals surface area contributed by atoms with Gasteiger partial charge in [-0.3, -0.25) is 19.3 Å². The van der Waals surface area contributed by atoms with Gasteiger partial charge in [0.05, 0.1) is 19.3 Å². The number of aliphatic hydroxyl groups is 1. The largest absolute Gasteiger partial charge is 0.497 e. The summed E-state index contributed by atoms with van der Waals surface area (Å²) in [4.78, 5) is 33.4. The molecular weight excluding hydrogens is 280 g/mol. The number of benzene rings is 1. The van der Waals surface area contributed by atoms with Crippen molar-refractivity contribution in [2.45, 2.75) is 6.10 Å². The van der Waals surface area contributed by atoms with Crippen LogP contribution in [0.4, 0.5) is 5.69 Å². The highest BCUT2D eigenvalue weighted by Crippen LogP contribution is 2.39. The number of carbonyl (C=O) groups excluding carboxylic acids is 3. The minimum atomic E-state index is -1.17. The van der Waals surface area contributed by atoms with Crippen molar-refractivity contribution in [3.8, 4) is 11.5 Å². The highest BCUT2D eigenvalue weighted by molar-refractivity contribution is 5.96. The van der Waals surface area contributed by atoms with Gasteiger partial charge in [-0.1, -0.05) is 0 Å². The van der Waals surface area contributed by atoms with E-state index in [1.165, 1.54) is 13.2 Å². The van der Waals surface area contributed by atoms with Crippen LogP contribution in [0.3, 0.4) is 0 Å². The van der Waals surface area contributed by atoms with Gasteiger partial charge in [-0.2, -0.15) is 0 Å². The molecule has 0 radical (unpaired) electrons. The van der Waals surface area contributed by atoms with Crippen LogP contribution in [0.1, 0.15) is 11.7 Å². The first-order valence-corrected chi connectivity index (χ1v) is 6.08. The van der Waals surface area contributed by atoms with Gasteiger partial charge in [-0.15, -0.1) is 0 Å². The van der Waals surface area contributed by atoms with E-state index < -0.39 is 6.10 Å². The Balaban J connectivity index is 2.37. The van der Waals surface area contributed by atoms with Crippen LogP contribution in [0.2, 0.25) is 0 Å². The number of fused-ring (bicyclic) bond motifs is 1. The van der Waals surface area contributed by atoms with Crippen molar-refractivity contribution in [2.24, 2.45) is 0 Å². The number of ether oxygens (including phenoxy) is 2. The van der Waals surface area contributed by atoms with Crippen LogP contribution < -0.4 is 14.8 Å². The molecule has 8 nitrogen and oxygen atoms in total. The van der Waals surface area contributed by atoms with Crippen molar-refractivity contribution < 1.29 is 29.0 Å². The molecule has 21 heavy (non-hydrogen) atoms. The number of imide groups is 1. The molecule has 8 heteroatoms. The zero-order valence-electron chi connectivity index (χ0n) is 11.2. The Labute approximate surface area is 120 Å². The molecule has 0 saturated carbocycles. The van der Waals surface area contributed by atoms with Gasteiger partial charge in [0.2, 0.25) is 12.8 Å². The lowest BCUT2D eigenvalue weighted by Crippen LogP contribution is -2.29. The Morgan fingerprint density at radius 3 is 2.81 bits per heavy atom. The summed E-state index contributed by atoms with van der Waals surface area (Å²) >= 11 is 0. The normalized spacial score (nSPS) is 14.3. The number of rotatable bonds is 6. The third-order valence-electron chi connectivity index (χ3n) is 2.96. The second-order valence-corrected chi connectivity index (χ2v) is 4.35. The predicted molar refractivity (Wildman–Crippen MR) is 70.9 cm³/mol. The molecular formula is C13H14N2O6. The number of carbonyl (C=O) groups is 3. The molecule has 1 aliphatic rings. The van der Waals surface area contributed by atoms with E-state index in [0.717, 1.165) is 4.90 Å². The number of nitrogens with one attached hydrogen (secondary N) is 1. The van der Waals surface area contributed by atoms with Crippen molar-refractivity contribution in [2.75, 3.05) is 25.6 Å². The maximum atomic E-state index is 11.3. The second kappa shape index (κ2) is 6.23. The summed E-state index contributed by atoms with van der Waals surface area (Å²) in [5, 5.41) is 12.8. The van der Waals surface area contributed by atoms with E-state index >= 15 is 0 Å². The number of hydrogen-bond acceptors (Lipinski definition) is 6. The van der Waals surface area contributed by atoms with Crippen molar-refractivity contribution >= 4 is 24.4 Å². The molecule has 0 fully saturated rings. The number of aliphatic hydroxyl groups excluding tert-OH is 1. The van der Waals surface area contributed by atoms with Gasteiger partial charge in [-0.25, -0.2) is 0 Å². The Bertz CT molecular complexity index is 566. The summed E-state index contributed by atoms with van der Waals surface area (Å²) < 4.78 is 10.4. The maximum Gasteiger partial charge on any atom is 0.262 e. The first kappa shape index (κ1) is 14.8. The lowest BCUT2D eigenvalue weighted by Gasteiger charge is -2.24. The lowest BCUT2D eigenvalue weighted by atomic mass is 10.0. The van der Waals surface area contributed by atoms with E-state index in [0.29, 0.717) is 35.6 Å². The Morgan fingerprint density at radius 2 is 2.19 bits per heavy atom. The molecule has 0 spiro atoms. The van der Waals surface area contributed by atoms with Gasteiger partial charge in [0.25, 0.3) is 5.91 Å². The Morgan fingerprint density at radius 1 is 1.48 bits per heavy atom. The van der Waals surface area contributed by atoms with Gasteiger partial charge in [0, 0.05) is 11.6 Å². The fraction of sp³-hybridized carbons (Fsp3) is 0.308. The molecule has 2 rings (SSSR count). The minimum absolute atomic E-state index is 0.176. The minimum Gasteiger partial charge on any atom is -0.497 e. The number of methoxy groups -OCH3 is 1. The average molecular weight is 294 g/mol. The molecule has 0 aromatic heterocycles. The van der Waals surface area contributed by atoms with E-state index in [4.69, 9.17) is 9.47 Å². The highest BCUT2D eigenvalue weighted by atomic mass is 16.5. The second-order valence-electron chi connectivity index (χ2n) is 4.35.